The molecule has 1 aromatic heterocycles. The summed E-state index contributed by atoms with van der Waals surface area (Å²) in [5.41, 5.74) is 2.72. The number of carbonyl (C=O) groups is 1. The second-order valence-corrected chi connectivity index (χ2v) is 6.58. The molecule has 1 saturated heterocycles. The largest absolute Gasteiger partial charge is 0.378 e. The lowest BCUT2D eigenvalue weighted by Gasteiger charge is -2.33. The molecular weight excluding hydrogens is 326 g/mol. The Balaban J connectivity index is 1.63. The Kier molecular flexibility index (Phi) is 5.11. The third-order valence-corrected chi connectivity index (χ3v) is 4.80. The minimum absolute atomic E-state index is 0.254. The number of aliphatic hydroxyl groups excluding tert-OH is 1. The molecule has 1 amide bonds. The van der Waals surface area contributed by atoms with E-state index in [0.717, 1.165) is 24.1 Å². The quantitative estimate of drug-likeness (QED) is 0.928. The number of rotatable bonds is 3. The van der Waals surface area contributed by atoms with Crippen molar-refractivity contribution in [1.82, 2.24) is 14.9 Å². The van der Waals surface area contributed by atoms with Gasteiger partial charge in [0, 0.05) is 35.9 Å². The van der Waals surface area contributed by atoms with Crippen LogP contribution in [0.4, 0.5) is 0 Å². The van der Waals surface area contributed by atoms with Crippen LogP contribution in [0.3, 0.4) is 0 Å². The molecule has 0 spiro atoms. The van der Waals surface area contributed by atoms with Crippen LogP contribution in [0.15, 0.2) is 36.8 Å². The number of carbonyl (C=O) groups excluding carboxylic acids is 1. The second-order valence-electron chi connectivity index (χ2n) is 6.14. The third-order valence-electron chi connectivity index (χ3n) is 4.55. The number of piperidine rings is 1. The van der Waals surface area contributed by atoms with Gasteiger partial charge in [-0.2, -0.15) is 0 Å². The molecule has 1 aromatic carbocycles. The van der Waals surface area contributed by atoms with E-state index in [1.54, 1.807) is 35.5 Å². The van der Waals surface area contributed by atoms with E-state index in [0.29, 0.717) is 29.6 Å². The van der Waals surface area contributed by atoms with E-state index in [1.807, 2.05) is 13.1 Å². The summed E-state index contributed by atoms with van der Waals surface area (Å²) in [6, 6.07) is 6.72. The van der Waals surface area contributed by atoms with Crippen LogP contribution in [0.5, 0.6) is 0 Å². The number of hydrogen-bond donors (Lipinski definition) is 1. The average molecular weight is 346 g/mol. The molecule has 0 aliphatic carbocycles. The lowest BCUT2D eigenvalue weighted by Crippen LogP contribution is -2.40. The maximum Gasteiger partial charge on any atom is 0.256 e. The minimum atomic E-state index is -1.14. The average Bonchev–Trinajstić information content (AvgIpc) is 2.62. The van der Waals surface area contributed by atoms with Crippen molar-refractivity contribution in [1.29, 1.82) is 0 Å². The van der Waals surface area contributed by atoms with E-state index in [-0.39, 0.29) is 5.91 Å². The SMILES string of the molecule is Cc1cncnc1C1CCN(C(=O)[C@@H](O)c2ccc(Cl)cc2)CC1. The Bertz CT molecular complexity index is 712. The van der Waals surface area contributed by atoms with Gasteiger partial charge in [-0.05, 0) is 43.0 Å². The fourth-order valence-electron chi connectivity index (χ4n) is 3.17. The van der Waals surface area contributed by atoms with Crippen molar-refractivity contribution >= 4 is 17.5 Å². The van der Waals surface area contributed by atoms with Crippen LogP contribution in [-0.2, 0) is 4.79 Å². The Morgan fingerprint density at radius 3 is 2.58 bits per heavy atom. The summed E-state index contributed by atoms with van der Waals surface area (Å²) in [6.45, 7) is 3.26. The van der Waals surface area contributed by atoms with Gasteiger partial charge in [-0.25, -0.2) is 9.97 Å². The van der Waals surface area contributed by atoms with Gasteiger partial charge in [-0.15, -0.1) is 0 Å². The molecule has 1 aliphatic rings. The molecule has 5 nitrogen and oxygen atoms in total. The first kappa shape index (κ1) is 16.9. The molecule has 1 aliphatic heterocycles. The molecule has 0 bridgehead atoms. The number of aromatic nitrogens is 2. The molecule has 1 atom stereocenters. The zero-order chi connectivity index (χ0) is 17.1. The third kappa shape index (κ3) is 3.57. The first-order valence-corrected chi connectivity index (χ1v) is 8.43. The summed E-state index contributed by atoms with van der Waals surface area (Å²) in [6.07, 6.45) is 3.95. The number of hydrogen-bond acceptors (Lipinski definition) is 4. The lowest BCUT2D eigenvalue weighted by atomic mass is 9.91. The van der Waals surface area contributed by atoms with Gasteiger partial charge in [0.25, 0.3) is 5.91 Å². The highest BCUT2D eigenvalue weighted by molar-refractivity contribution is 6.30. The molecule has 1 N–H and O–H groups in total. The normalized spacial score (nSPS) is 16.9. The summed E-state index contributed by atoms with van der Waals surface area (Å²) in [5, 5.41) is 10.9. The molecule has 3 rings (SSSR count). The number of likely N-dealkylation sites (tertiary alicyclic amines) is 1. The standard InChI is InChI=1S/C18H20ClN3O2/c1-12-10-20-11-21-16(12)13-6-8-22(9-7-13)18(24)17(23)14-2-4-15(19)5-3-14/h2-5,10-11,13,17,23H,6-9H2,1H3/t17-/m0/s1. The van der Waals surface area contributed by atoms with Crippen molar-refractivity contribution in [2.45, 2.75) is 31.8 Å². The van der Waals surface area contributed by atoms with Crippen LogP contribution >= 0.6 is 11.6 Å². The highest BCUT2D eigenvalue weighted by Crippen LogP contribution is 2.29. The monoisotopic (exact) mass is 345 g/mol. The Hall–Kier alpha value is -1.98. The van der Waals surface area contributed by atoms with Crippen LogP contribution in [-0.4, -0.2) is 39.0 Å². The van der Waals surface area contributed by atoms with Crippen molar-refractivity contribution in [2.75, 3.05) is 13.1 Å². The molecule has 0 saturated carbocycles. The number of nitrogens with zero attached hydrogens (tertiary/aromatic N) is 3. The van der Waals surface area contributed by atoms with Gasteiger partial charge in [0.1, 0.15) is 6.33 Å². The van der Waals surface area contributed by atoms with Crippen LogP contribution in [0.2, 0.25) is 5.02 Å². The lowest BCUT2D eigenvalue weighted by molar-refractivity contribution is -0.141. The van der Waals surface area contributed by atoms with Crippen molar-refractivity contribution in [3.63, 3.8) is 0 Å². The maximum atomic E-state index is 12.5. The number of amides is 1. The number of aliphatic hydroxyl groups is 1. The van der Waals surface area contributed by atoms with Gasteiger partial charge in [0.15, 0.2) is 6.10 Å². The van der Waals surface area contributed by atoms with Crippen LogP contribution < -0.4 is 0 Å². The summed E-state index contributed by atoms with van der Waals surface area (Å²) in [4.78, 5) is 22.7. The zero-order valence-corrected chi connectivity index (χ0v) is 14.3. The molecule has 2 aromatic rings. The van der Waals surface area contributed by atoms with Crippen molar-refractivity contribution in [3.8, 4) is 0 Å². The maximum absolute atomic E-state index is 12.5. The number of halogens is 1. The second kappa shape index (κ2) is 7.28. The molecule has 1 fully saturated rings. The summed E-state index contributed by atoms with van der Waals surface area (Å²) >= 11 is 5.84. The molecule has 126 valence electrons. The predicted molar refractivity (Wildman–Crippen MR) is 91.7 cm³/mol. The smallest absolute Gasteiger partial charge is 0.256 e. The fraction of sp³-hybridized carbons (Fsp3) is 0.389. The Labute approximate surface area is 146 Å². The molecule has 2 heterocycles. The predicted octanol–water partition coefficient (Wildman–Crippen LogP) is 2.88. The molecular formula is C18H20ClN3O2. The van der Waals surface area contributed by atoms with Crippen LogP contribution in [0.25, 0.3) is 0 Å². The highest BCUT2D eigenvalue weighted by Gasteiger charge is 2.29. The molecule has 0 unspecified atom stereocenters. The number of benzene rings is 1. The van der Waals surface area contributed by atoms with Crippen LogP contribution in [0, 0.1) is 6.92 Å². The first-order chi connectivity index (χ1) is 11.6. The summed E-state index contributed by atoms with van der Waals surface area (Å²) in [5.74, 6) is 0.0832. The Morgan fingerprint density at radius 1 is 1.29 bits per heavy atom. The summed E-state index contributed by atoms with van der Waals surface area (Å²) in [7, 11) is 0. The van der Waals surface area contributed by atoms with Gasteiger partial charge >= 0.3 is 0 Å². The van der Waals surface area contributed by atoms with Gasteiger partial charge < -0.3 is 10.0 Å². The van der Waals surface area contributed by atoms with E-state index < -0.39 is 6.10 Å². The topological polar surface area (TPSA) is 66.3 Å². The van der Waals surface area contributed by atoms with Gasteiger partial charge in [0.2, 0.25) is 0 Å². The van der Waals surface area contributed by atoms with Crippen molar-refractivity contribution in [2.24, 2.45) is 0 Å². The van der Waals surface area contributed by atoms with E-state index in [4.69, 9.17) is 11.6 Å². The molecule has 0 radical (unpaired) electrons. The molecule has 24 heavy (non-hydrogen) atoms. The first-order valence-electron chi connectivity index (χ1n) is 8.05. The zero-order valence-electron chi connectivity index (χ0n) is 13.5. The van der Waals surface area contributed by atoms with E-state index >= 15 is 0 Å². The number of aryl methyl sites for hydroxylation is 1. The molecule has 6 heteroatoms. The van der Waals surface area contributed by atoms with Gasteiger partial charge in [-0.1, -0.05) is 23.7 Å². The fourth-order valence-corrected chi connectivity index (χ4v) is 3.30. The van der Waals surface area contributed by atoms with Crippen molar-refractivity contribution < 1.29 is 9.90 Å². The van der Waals surface area contributed by atoms with E-state index in [9.17, 15) is 9.90 Å². The van der Waals surface area contributed by atoms with E-state index in [1.165, 1.54) is 0 Å². The Morgan fingerprint density at radius 2 is 1.96 bits per heavy atom. The highest BCUT2D eigenvalue weighted by atomic mass is 35.5. The minimum Gasteiger partial charge on any atom is -0.378 e. The van der Waals surface area contributed by atoms with Crippen LogP contribution in [0.1, 0.15) is 41.7 Å². The van der Waals surface area contributed by atoms with Gasteiger partial charge in [0.05, 0.1) is 0 Å². The van der Waals surface area contributed by atoms with E-state index in [2.05, 4.69) is 9.97 Å². The van der Waals surface area contributed by atoms with Gasteiger partial charge in [-0.3, -0.25) is 4.79 Å². The van der Waals surface area contributed by atoms with Crippen molar-refractivity contribution in [3.05, 3.63) is 58.6 Å². The summed E-state index contributed by atoms with van der Waals surface area (Å²) < 4.78 is 0.